The van der Waals surface area contributed by atoms with Crippen molar-refractivity contribution >= 4 is 21.8 Å². The topological polar surface area (TPSA) is 49.3 Å². The van der Waals surface area contributed by atoms with Gasteiger partial charge in [-0.25, -0.2) is 8.78 Å². The van der Waals surface area contributed by atoms with E-state index in [-0.39, 0.29) is 4.47 Å². The number of nitrogens with one attached hydrogen (secondary N) is 1. The fourth-order valence-corrected chi connectivity index (χ4v) is 2.68. The fourth-order valence-electron chi connectivity index (χ4n) is 2.28. The third-order valence-electron chi connectivity index (χ3n) is 3.28. The predicted octanol–water partition coefficient (Wildman–Crippen LogP) is 2.76. The summed E-state index contributed by atoms with van der Waals surface area (Å²) in [4.78, 5) is 11.9. The highest BCUT2D eigenvalue weighted by Crippen LogP contribution is 2.22. The summed E-state index contributed by atoms with van der Waals surface area (Å²) in [5.74, 6) is -2.67. The molecule has 1 fully saturated rings. The largest absolute Gasteiger partial charge is 0.391 e. The molecule has 0 aliphatic heterocycles. The molecule has 2 atom stereocenters. The van der Waals surface area contributed by atoms with E-state index in [1.807, 2.05) is 0 Å². The molecule has 1 aromatic carbocycles. The lowest BCUT2D eigenvalue weighted by atomic mass is 9.92. The molecule has 3 nitrogen and oxygen atoms in total. The minimum atomic E-state index is -0.922. The van der Waals surface area contributed by atoms with Crippen molar-refractivity contribution < 1.29 is 18.7 Å². The highest BCUT2D eigenvalue weighted by Gasteiger charge is 2.27. The average Bonchev–Trinajstić information content (AvgIpc) is 2.30. The molecule has 0 bridgehead atoms. The number of carbonyl (C=O) groups excluding carboxylic acids is 1. The van der Waals surface area contributed by atoms with E-state index in [0.29, 0.717) is 12.8 Å². The van der Waals surface area contributed by atoms with Crippen LogP contribution in [0.15, 0.2) is 16.6 Å². The van der Waals surface area contributed by atoms with Crippen LogP contribution < -0.4 is 5.32 Å². The number of carbonyl (C=O) groups is 1. The van der Waals surface area contributed by atoms with Crippen LogP contribution in [0.2, 0.25) is 0 Å². The summed E-state index contributed by atoms with van der Waals surface area (Å²) in [5, 5.41) is 12.2. The molecule has 19 heavy (non-hydrogen) atoms. The smallest absolute Gasteiger partial charge is 0.257 e. The van der Waals surface area contributed by atoms with Crippen LogP contribution in [-0.2, 0) is 0 Å². The lowest BCUT2D eigenvalue weighted by Gasteiger charge is -2.28. The van der Waals surface area contributed by atoms with E-state index in [1.165, 1.54) is 0 Å². The first-order valence-electron chi connectivity index (χ1n) is 6.12. The first-order chi connectivity index (χ1) is 8.99. The van der Waals surface area contributed by atoms with Crippen molar-refractivity contribution in [3.63, 3.8) is 0 Å². The van der Waals surface area contributed by atoms with Crippen molar-refractivity contribution in [3.05, 3.63) is 33.8 Å². The van der Waals surface area contributed by atoms with Crippen LogP contribution in [0.1, 0.15) is 36.0 Å². The third kappa shape index (κ3) is 3.30. The zero-order chi connectivity index (χ0) is 14.0. The maximum absolute atomic E-state index is 13.6. The van der Waals surface area contributed by atoms with Gasteiger partial charge in [0.25, 0.3) is 5.91 Å². The van der Waals surface area contributed by atoms with Crippen molar-refractivity contribution in [3.8, 4) is 0 Å². The van der Waals surface area contributed by atoms with Gasteiger partial charge in [0.1, 0.15) is 17.2 Å². The molecule has 1 aliphatic carbocycles. The number of hydrogen-bond acceptors (Lipinski definition) is 2. The molecule has 0 unspecified atom stereocenters. The van der Waals surface area contributed by atoms with Crippen LogP contribution >= 0.6 is 15.9 Å². The molecule has 1 saturated carbocycles. The molecule has 1 aromatic rings. The molecule has 0 aromatic heterocycles. The van der Waals surface area contributed by atoms with Crippen LogP contribution in [-0.4, -0.2) is 23.2 Å². The van der Waals surface area contributed by atoms with Crippen LogP contribution in [0.5, 0.6) is 0 Å². The Balaban J connectivity index is 2.16. The van der Waals surface area contributed by atoms with Gasteiger partial charge in [-0.15, -0.1) is 0 Å². The Labute approximate surface area is 118 Å². The summed E-state index contributed by atoms with van der Waals surface area (Å²) in [6.45, 7) is 0. The summed E-state index contributed by atoms with van der Waals surface area (Å²) in [7, 11) is 0. The molecule has 1 aliphatic rings. The van der Waals surface area contributed by atoms with E-state index < -0.39 is 35.3 Å². The Morgan fingerprint density at radius 2 is 1.84 bits per heavy atom. The maximum Gasteiger partial charge on any atom is 0.257 e. The van der Waals surface area contributed by atoms with Crippen molar-refractivity contribution in [1.82, 2.24) is 5.32 Å². The molecule has 0 radical (unpaired) electrons. The Kier molecular flexibility index (Phi) is 4.52. The first-order valence-corrected chi connectivity index (χ1v) is 6.92. The lowest BCUT2D eigenvalue weighted by molar-refractivity contribution is 0.0711. The summed E-state index contributed by atoms with van der Waals surface area (Å²) in [6, 6.07) is 1.63. The van der Waals surface area contributed by atoms with Crippen LogP contribution in [0.3, 0.4) is 0 Å². The van der Waals surface area contributed by atoms with Crippen molar-refractivity contribution in [1.29, 1.82) is 0 Å². The van der Waals surface area contributed by atoms with E-state index in [1.54, 1.807) is 0 Å². The molecule has 2 rings (SSSR count). The lowest BCUT2D eigenvalue weighted by Crippen LogP contribution is -2.45. The second-order valence-electron chi connectivity index (χ2n) is 4.68. The number of aliphatic hydroxyl groups excluding tert-OH is 1. The summed E-state index contributed by atoms with van der Waals surface area (Å²) in [6.07, 6.45) is 2.34. The standard InChI is InChI=1S/C13H14BrF2NO2/c14-7-5-8(15)12(9(16)6-7)13(19)17-10-3-1-2-4-11(10)18/h5-6,10-11,18H,1-4H2,(H,17,19)/t10-,11-/m0/s1. The molecule has 0 heterocycles. The highest BCUT2D eigenvalue weighted by atomic mass is 79.9. The molecular formula is C13H14BrF2NO2. The first kappa shape index (κ1) is 14.4. The van der Waals surface area contributed by atoms with Gasteiger partial charge in [0.2, 0.25) is 0 Å². The van der Waals surface area contributed by atoms with Gasteiger partial charge >= 0.3 is 0 Å². The van der Waals surface area contributed by atoms with E-state index in [4.69, 9.17) is 0 Å². The zero-order valence-corrected chi connectivity index (χ0v) is 11.7. The SMILES string of the molecule is O=C(N[C@H]1CCCC[C@@H]1O)c1c(F)cc(Br)cc1F. The van der Waals surface area contributed by atoms with Gasteiger partial charge in [-0.3, -0.25) is 4.79 Å². The van der Waals surface area contributed by atoms with Crippen molar-refractivity contribution in [2.75, 3.05) is 0 Å². The summed E-state index contributed by atoms with van der Waals surface area (Å²) < 4.78 is 27.5. The Hall–Kier alpha value is -1.01. The number of halogens is 3. The third-order valence-corrected chi connectivity index (χ3v) is 3.74. The number of benzene rings is 1. The van der Waals surface area contributed by atoms with Gasteiger partial charge in [-0.1, -0.05) is 28.8 Å². The van der Waals surface area contributed by atoms with Crippen molar-refractivity contribution in [2.45, 2.75) is 37.8 Å². The molecular weight excluding hydrogens is 320 g/mol. The Morgan fingerprint density at radius 1 is 1.26 bits per heavy atom. The van der Waals surface area contributed by atoms with Gasteiger partial charge in [0.15, 0.2) is 0 Å². The van der Waals surface area contributed by atoms with E-state index in [0.717, 1.165) is 25.0 Å². The quantitative estimate of drug-likeness (QED) is 0.874. The predicted molar refractivity (Wildman–Crippen MR) is 69.8 cm³/mol. The van der Waals surface area contributed by atoms with Gasteiger partial charge in [0.05, 0.1) is 12.1 Å². The van der Waals surface area contributed by atoms with Crippen LogP contribution in [0, 0.1) is 11.6 Å². The van der Waals surface area contributed by atoms with E-state index >= 15 is 0 Å². The highest BCUT2D eigenvalue weighted by molar-refractivity contribution is 9.10. The second-order valence-corrected chi connectivity index (χ2v) is 5.59. The molecule has 104 valence electrons. The second kappa shape index (κ2) is 5.96. The number of hydrogen-bond donors (Lipinski definition) is 2. The molecule has 1 amide bonds. The van der Waals surface area contributed by atoms with Crippen LogP contribution in [0.4, 0.5) is 8.78 Å². The number of aliphatic hydroxyl groups is 1. The monoisotopic (exact) mass is 333 g/mol. The summed E-state index contributed by atoms with van der Waals surface area (Å²) >= 11 is 2.95. The number of amides is 1. The number of rotatable bonds is 2. The van der Waals surface area contributed by atoms with Crippen molar-refractivity contribution in [2.24, 2.45) is 0 Å². The molecule has 0 saturated heterocycles. The van der Waals surface area contributed by atoms with Gasteiger partial charge in [-0.2, -0.15) is 0 Å². The Bertz CT molecular complexity index is 473. The van der Waals surface area contributed by atoms with E-state index in [9.17, 15) is 18.7 Å². The average molecular weight is 334 g/mol. The van der Waals surface area contributed by atoms with Gasteiger partial charge in [-0.05, 0) is 25.0 Å². The molecule has 2 N–H and O–H groups in total. The van der Waals surface area contributed by atoms with Crippen LogP contribution in [0.25, 0.3) is 0 Å². The van der Waals surface area contributed by atoms with E-state index in [2.05, 4.69) is 21.2 Å². The summed E-state index contributed by atoms with van der Waals surface area (Å²) in [5.41, 5.74) is -0.610. The minimum Gasteiger partial charge on any atom is -0.391 e. The fraction of sp³-hybridized carbons (Fsp3) is 0.462. The zero-order valence-electron chi connectivity index (χ0n) is 10.1. The van der Waals surface area contributed by atoms with Gasteiger partial charge < -0.3 is 10.4 Å². The Morgan fingerprint density at radius 3 is 2.42 bits per heavy atom. The maximum atomic E-state index is 13.6. The molecule has 6 heteroatoms. The van der Waals surface area contributed by atoms with Gasteiger partial charge in [0, 0.05) is 4.47 Å². The normalized spacial score (nSPS) is 23.2. The minimum absolute atomic E-state index is 0.233. The molecule has 0 spiro atoms.